The van der Waals surface area contributed by atoms with Crippen LogP contribution < -0.4 is 10.5 Å². The minimum atomic E-state index is -3.23. The van der Waals surface area contributed by atoms with Gasteiger partial charge in [-0.3, -0.25) is 0 Å². The molecule has 94 valence electrons. The number of nitrogens with zero attached hydrogens (tertiary/aromatic N) is 1. The zero-order valence-corrected chi connectivity index (χ0v) is 10.5. The molecule has 0 aromatic heterocycles. The zero-order chi connectivity index (χ0) is 11.8. The molecule has 1 saturated carbocycles. The standard InChI is InChI=1S/C10H21N3O2S/c1-8(11)9-4-6-13(7-5-9)16(14,15)12-10-2-3-10/h8-10,12H,2-7,11H2,1H3. The lowest BCUT2D eigenvalue weighted by molar-refractivity contribution is 0.248. The van der Waals surface area contributed by atoms with Crippen LogP contribution in [-0.2, 0) is 10.2 Å². The molecule has 1 saturated heterocycles. The summed E-state index contributed by atoms with van der Waals surface area (Å²) < 4.78 is 28.1. The van der Waals surface area contributed by atoms with Crippen LogP contribution in [0.15, 0.2) is 0 Å². The highest BCUT2D eigenvalue weighted by molar-refractivity contribution is 7.87. The van der Waals surface area contributed by atoms with Gasteiger partial charge in [-0.05, 0) is 38.5 Å². The molecule has 6 heteroatoms. The molecule has 0 radical (unpaired) electrons. The van der Waals surface area contributed by atoms with Crippen molar-refractivity contribution in [3.8, 4) is 0 Å². The first-order valence-corrected chi connectivity index (χ1v) is 7.46. The first-order valence-electron chi connectivity index (χ1n) is 6.02. The predicted octanol–water partition coefficient (Wildman–Crippen LogP) is 0.0424. The fourth-order valence-corrected chi connectivity index (χ4v) is 3.63. The highest BCUT2D eigenvalue weighted by atomic mass is 32.2. The largest absolute Gasteiger partial charge is 0.328 e. The molecule has 0 amide bonds. The van der Waals surface area contributed by atoms with Gasteiger partial charge in [0.25, 0.3) is 10.2 Å². The van der Waals surface area contributed by atoms with Crippen LogP contribution in [0.25, 0.3) is 0 Å². The van der Waals surface area contributed by atoms with E-state index in [2.05, 4.69) is 4.72 Å². The minimum Gasteiger partial charge on any atom is -0.328 e. The van der Waals surface area contributed by atoms with Gasteiger partial charge in [-0.2, -0.15) is 17.4 Å². The van der Waals surface area contributed by atoms with E-state index in [1.165, 1.54) is 0 Å². The quantitative estimate of drug-likeness (QED) is 0.736. The van der Waals surface area contributed by atoms with E-state index < -0.39 is 10.2 Å². The molecule has 5 nitrogen and oxygen atoms in total. The average molecular weight is 247 g/mol. The molecule has 0 aromatic rings. The zero-order valence-electron chi connectivity index (χ0n) is 9.72. The minimum absolute atomic E-state index is 0.168. The average Bonchev–Trinajstić information content (AvgIpc) is 3.01. The Kier molecular flexibility index (Phi) is 3.53. The Balaban J connectivity index is 1.87. The molecular weight excluding hydrogens is 226 g/mol. The van der Waals surface area contributed by atoms with Gasteiger partial charge < -0.3 is 5.73 Å². The van der Waals surface area contributed by atoms with Crippen LogP contribution in [-0.4, -0.2) is 37.9 Å². The van der Waals surface area contributed by atoms with Crippen molar-refractivity contribution in [3.05, 3.63) is 0 Å². The number of nitrogens with two attached hydrogens (primary N) is 1. The van der Waals surface area contributed by atoms with Crippen molar-refractivity contribution >= 4 is 10.2 Å². The van der Waals surface area contributed by atoms with E-state index in [9.17, 15) is 8.42 Å². The third kappa shape index (κ3) is 2.94. The smallest absolute Gasteiger partial charge is 0.279 e. The normalized spacial score (nSPS) is 26.9. The molecule has 1 aliphatic carbocycles. The summed E-state index contributed by atoms with van der Waals surface area (Å²) in [5, 5.41) is 0. The Morgan fingerprint density at radius 2 is 1.81 bits per heavy atom. The van der Waals surface area contributed by atoms with Crippen molar-refractivity contribution < 1.29 is 8.42 Å². The Bertz CT molecular complexity index is 330. The van der Waals surface area contributed by atoms with E-state index >= 15 is 0 Å². The maximum atomic E-state index is 11.9. The number of rotatable bonds is 4. The maximum absolute atomic E-state index is 11.9. The molecule has 1 heterocycles. The van der Waals surface area contributed by atoms with Crippen LogP contribution in [0.1, 0.15) is 32.6 Å². The molecule has 2 rings (SSSR count). The SMILES string of the molecule is CC(N)C1CCN(S(=O)(=O)NC2CC2)CC1. The summed E-state index contributed by atoms with van der Waals surface area (Å²) in [6, 6.07) is 0.359. The second-order valence-electron chi connectivity index (χ2n) is 4.99. The molecule has 0 bridgehead atoms. The Hall–Kier alpha value is -0.170. The first-order chi connectivity index (χ1) is 7.49. The van der Waals surface area contributed by atoms with E-state index in [-0.39, 0.29) is 12.1 Å². The third-order valence-electron chi connectivity index (χ3n) is 3.48. The summed E-state index contributed by atoms with van der Waals surface area (Å²) in [5.74, 6) is 0.465. The van der Waals surface area contributed by atoms with Crippen LogP contribution in [0, 0.1) is 5.92 Å². The van der Waals surface area contributed by atoms with Gasteiger partial charge in [0.1, 0.15) is 0 Å². The van der Waals surface area contributed by atoms with Crippen molar-refractivity contribution in [2.45, 2.75) is 44.7 Å². The van der Waals surface area contributed by atoms with Gasteiger partial charge in [0.05, 0.1) is 0 Å². The lowest BCUT2D eigenvalue weighted by Crippen LogP contribution is -2.47. The van der Waals surface area contributed by atoms with Gasteiger partial charge in [0, 0.05) is 25.2 Å². The lowest BCUT2D eigenvalue weighted by atomic mass is 9.92. The predicted molar refractivity (Wildman–Crippen MR) is 63.0 cm³/mol. The molecule has 0 aromatic carbocycles. The van der Waals surface area contributed by atoms with Crippen LogP contribution >= 0.6 is 0 Å². The molecule has 1 aliphatic heterocycles. The van der Waals surface area contributed by atoms with Crippen LogP contribution in [0.5, 0.6) is 0 Å². The summed E-state index contributed by atoms with van der Waals surface area (Å²) in [6.45, 7) is 3.21. The van der Waals surface area contributed by atoms with Crippen molar-refractivity contribution in [2.24, 2.45) is 11.7 Å². The molecule has 2 aliphatic rings. The number of hydrogen-bond donors (Lipinski definition) is 2. The van der Waals surface area contributed by atoms with Crippen molar-refractivity contribution in [1.82, 2.24) is 9.03 Å². The van der Waals surface area contributed by atoms with E-state index in [0.29, 0.717) is 19.0 Å². The van der Waals surface area contributed by atoms with E-state index in [1.807, 2.05) is 6.92 Å². The van der Waals surface area contributed by atoms with Gasteiger partial charge >= 0.3 is 0 Å². The van der Waals surface area contributed by atoms with Crippen LogP contribution in [0.4, 0.5) is 0 Å². The molecule has 2 fully saturated rings. The molecule has 1 unspecified atom stereocenters. The van der Waals surface area contributed by atoms with Gasteiger partial charge in [-0.15, -0.1) is 0 Å². The monoisotopic (exact) mass is 247 g/mol. The Labute approximate surface area is 97.6 Å². The van der Waals surface area contributed by atoms with Crippen LogP contribution in [0.2, 0.25) is 0 Å². The van der Waals surface area contributed by atoms with Crippen molar-refractivity contribution in [3.63, 3.8) is 0 Å². The maximum Gasteiger partial charge on any atom is 0.279 e. The third-order valence-corrected chi connectivity index (χ3v) is 5.15. The molecule has 1 atom stereocenters. The summed E-state index contributed by atoms with van der Waals surface area (Å²) in [6.07, 6.45) is 3.72. The van der Waals surface area contributed by atoms with E-state index in [0.717, 1.165) is 25.7 Å². The Morgan fingerprint density at radius 1 is 1.25 bits per heavy atom. The van der Waals surface area contributed by atoms with Crippen molar-refractivity contribution in [2.75, 3.05) is 13.1 Å². The summed E-state index contributed by atoms with van der Waals surface area (Å²) >= 11 is 0. The topological polar surface area (TPSA) is 75.4 Å². The summed E-state index contributed by atoms with van der Waals surface area (Å²) in [5.41, 5.74) is 5.83. The highest BCUT2D eigenvalue weighted by Gasteiger charge is 2.33. The number of piperidine rings is 1. The molecule has 0 spiro atoms. The molecular formula is C10H21N3O2S. The highest BCUT2D eigenvalue weighted by Crippen LogP contribution is 2.24. The summed E-state index contributed by atoms with van der Waals surface area (Å²) in [7, 11) is -3.23. The number of hydrogen-bond acceptors (Lipinski definition) is 3. The van der Waals surface area contributed by atoms with Gasteiger partial charge in [-0.1, -0.05) is 0 Å². The van der Waals surface area contributed by atoms with E-state index in [4.69, 9.17) is 5.73 Å². The fraction of sp³-hybridized carbons (Fsp3) is 1.00. The second-order valence-corrected chi connectivity index (χ2v) is 6.69. The van der Waals surface area contributed by atoms with Gasteiger partial charge in [0.15, 0.2) is 0 Å². The van der Waals surface area contributed by atoms with Gasteiger partial charge in [-0.25, -0.2) is 0 Å². The first kappa shape index (κ1) is 12.3. The van der Waals surface area contributed by atoms with Crippen LogP contribution in [0.3, 0.4) is 0 Å². The molecule has 3 N–H and O–H groups in total. The van der Waals surface area contributed by atoms with Crippen molar-refractivity contribution in [1.29, 1.82) is 0 Å². The van der Waals surface area contributed by atoms with E-state index in [1.54, 1.807) is 4.31 Å². The number of nitrogens with one attached hydrogen (secondary N) is 1. The summed E-state index contributed by atoms with van der Waals surface area (Å²) in [4.78, 5) is 0. The molecule has 16 heavy (non-hydrogen) atoms. The second kappa shape index (κ2) is 4.60. The lowest BCUT2D eigenvalue weighted by Gasteiger charge is -2.32. The fourth-order valence-electron chi connectivity index (χ4n) is 2.13. The van der Waals surface area contributed by atoms with Gasteiger partial charge in [0.2, 0.25) is 0 Å². The Morgan fingerprint density at radius 3 is 2.25 bits per heavy atom.